The summed E-state index contributed by atoms with van der Waals surface area (Å²) in [6.45, 7) is 1.29. The van der Waals surface area contributed by atoms with Gasteiger partial charge in [0.1, 0.15) is 0 Å². The molecule has 0 aliphatic heterocycles. The maximum Gasteiger partial charge on any atom is 0.424 e. The van der Waals surface area contributed by atoms with Gasteiger partial charge in [-0.3, -0.25) is 0 Å². The van der Waals surface area contributed by atoms with Gasteiger partial charge >= 0.3 is 6.47 Å². The van der Waals surface area contributed by atoms with Crippen molar-refractivity contribution in [1.82, 2.24) is 4.98 Å². The van der Waals surface area contributed by atoms with E-state index in [0.717, 1.165) is 0 Å². The highest BCUT2D eigenvalue weighted by molar-refractivity contribution is 7.11. The maximum absolute atomic E-state index is 9.50. The van der Waals surface area contributed by atoms with Gasteiger partial charge in [0.25, 0.3) is 0 Å². The van der Waals surface area contributed by atoms with Crippen molar-refractivity contribution in [2.75, 3.05) is 0 Å². The summed E-state index contributed by atoms with van der Waals surface area (Å²) in [5, 5.41) is 0.472. The molecule has 1 aromatic heterocycles. The molecule has 1 radical (unpaired) electrons. The third-order valence-corrected chi connectivity index (χ3v) is 1.20. The Balaban J connectivity index is 2.62. The Morgan fingerprint density at radius 3 is 3.25 bits per heavy atom. The van der Waals surface area contributed by atoms with Gasteiger partial charge in [0.15, 0.2) is 0 Å². The molecule has 4 heteroatoms. The van der Waals surface area contributed by atoms with Crippen molar-refractivity contribution in [3.05, 3.63) is 11.7 Å². The second kappa shape index (κ2) is 2.42. The van der Waals surface area contributed by atoms with Gasteiger partial charge in [-0.1, -0.05) is 11.3 Å². The van der Waals surface area contributed by atoms with E-state index in [0.29, 0.717) is 5.06 Å². The van der Waals surface area contributed by atoms with Crippen LogP contribution in [0.5, 0.6) is 5.06 Å². The van der Waals surface area contributed by atoms with Crippen LogP contribution in [-0.4, -0.2) is 11.5 Å². The van der Waals surface area contributed by atoms with Crippen LogP contribution >= 0.6 is 11.3 Å². The number of ether oxygens (including phenoxy) is 1. The molecule has 0 amide bonds. The maximum atomic E-state index is 9.50. The Kier molecular flexibility index (Phi) is 1.58. The lowest BCUT2D eigenvalue weighted by Gasteiger charge is -1.80. The van der Waals surface area contributed by atoms with Crippen LogP contribution in [0.3, 0.4) is 0 Å². The minimum Gasteiger partial charge on any atom is -0.405 e. The predicted octanol–water partition coefficient (Wildman–Crippen LogP) is 0.589. The van der Waals surface area contributed by atoms with Crippen molar-refractivity contribution in [2.45, 2.75) is 0 Å². The molecule has 1 rings (SSSR count). The molecular formula is C4H2NO2S. The molecule has 0 aliphatic carbocycles. The Morgan fingerprint density at radius 1 is 1.88 bits per heavy atom. The number of thiazole rings is 1. The van der Waals surface area contributed by atoms with E-state index in [9.17, 15) is 4.79 Å². The zero-order valence-corrected chi connectivity index (χ0v) is 4.64. The van der Waals surface area contributed by atoms with Crippen LogP contribution in [-0.2, 0) is 4.79 Å². The topological polar surface area (TPSA) is 39.2 Å². The highest BCUT2D eigenvalue weighted by Gasteiger charge is 1.90. The second-order valence-electron chi connectivity index (χ2n) is 1.01. The number of nitrogens with zero attached hydrogens (tertiary/aromatic N) is 1. The minimum absolute atomic E-state index is 0.472. The first-order valence-electron chi connectivity index (χ1n) is 1.86. The fraction of sp³-hybridized carbons (Fsp3) is 0. The van der Waals surface area contributed by atoms with Crippen molar-refractivity contribution in [3.8, 4) is 5.06 Å². The summed E-state index contributed by atoms with van der Waals surface area (Å²) in [5.41, 5.74) is 1.58. The van der Waals surface area contributed by atoms with Crippen molar-refractivity contribution >= 4 is 17.8 Å². The van der Waals surface area contributed by atoms with E-state index in [1.54, 1.807) is 5.51 Å². The highest BCUT2D eigenvalue weighted by Crippen LogP contribution is 2.13. The van der Waals surface area contributed by atoms with Crippen LogP contribution in [0.4, 0.5) is 0 Å². The van der Waals surface area contributed by atoms with E-state index in [1.807, 2.05) is 0 Å². The summed E-state index contributed by atoms with van der Waals surface area (Å²) in [4.78, 5) is 13.2. The highest BCUT2D eigenvalue weighted by atomic mass is 32.1. The van der Waals surface area contributed by atoms with Gasteiger partial charge in [-0.2, -0.15) is 0 Å². The van der Waals surface area contributed by atoms with Crippen molar-refractivity contribution in [1.29, 1.82) is 0 Å². The molecular weight excluding hydrogens is 126 g/mol. The van der Waals surface area contributed by atoms with E-state index in [-0.39, 0.29) is 0 Å². The molecule has 0 bridgehead atoms. The van der Waals surface area contributed by atoms with Crippen molar-refractivity contribution < 1.29 is 9.53 Å². The smallest absolute Gasteiger partial charge is 0.405 e. The molecule has 0 spiro atoms. The van der Waals surface area contributed by atoms with Crippen molar-refractivity contribution in [2.24, 2.45) is 0 Å². The Hall–Kier alpha value is -0.900. The van der Waals surface area contributed by atoms with Gasteiger partial charge < -0.3 is 4.74 Å². The molecule has 0 N–H and O–H groups in total. The molecule has 0 atom stereocenters. The van der Waals surface area contributed by atoms with E-state index in [1.165, 1.54) is 24.0 Å². The van der Waals surface area contributed by atoms with Crippen LogP contribution in [0.25, 0.3) is 0 Å². The molecule has 8 heavy (non-hydrogen) atoms. The molecule has 1 heterocycles. The molecule has 0 unspecified atom stereocenters. The van der Waals surface area contributed by atoms with Crippen LogP contribution in [0.2, 0.25) is 0 Å². The average Bonchev–Trinajstić information content (AvgIpc) is 2.19. The monoisotopic (exact) mass is 128 g/mol. The number of rotatable bonds is 2. The van der Waals surface area contributed by atoms with Gasteiger partial charge in [-0.25, -0.2) is 9.78 Å². The number of carbonyl (C=O) groups excluding carboxylic acids is 1. The fourth-order valence-corrected chi connectivity index (χ4v) is 0.725. The lowest BCUT2D eigenvalue weighted by atomic mass is 10.9. The normalized spacial score (nSPS) is 8.50. The van der Waals surface area contributed by atoms with Gasteiger partial charge in [0.2, 0.25) is 5.06 Å². The Labute approximate surface area is 49.9 Å². The summed E-state index contributed by atoms with van der Waals surface area (Å²) in [6, 6.07) is 0. The Bertz CT molecular complexity index is 161. The summed E-state index contributed by atoms with van der Waals surface area (Å²) in [5.74, 6) is 0. The third-order valence-electron chi connectivity index (χ3n) is 0.552. The summed E-state index contributed by atoms with van der Waals surface area (Å²) in [6.07, 6.45) is 1.45. The molecule has 1 aromatic rings. The Morgan fingerprint density at radius 2 is 2.75 bits per heavy atom. The van der Waals surface area contributed by atoms with Gasteiger partial charge in [-0.05, 0) is 0 Å². The fourth-order valence-electron chi connectivity index (χ4n) is 0.296. The third kappa shape index (κ3) is 1.04. The summed E-state index contributed by atoms with van der Waals surface area (Å²) >= 11 is 1.25. The standard InChI is InChI=1S/C4H2NO2S/c6-3-7-4-1-5-2-8-4/h1-2H. The van der Waals surface area contributed by atoms with E-state index < -0.39 is 0 Å². The molecule has 0 fully saturated rings. The average molecular weight is 128 g/mol. The summed E-state index contributed by atoms with van der Waals surface area (Å²) in [7, 11) is 0. The first kappa shape index (κ1) is 5.24. The number of aromatic nitrogens is 1. The van der Waals surface area contributed by atoms with E-state index >= 15 is 0 Å². The largest absolute Gasteiger partial charge is 0.424 e. The van der Waals surface area contributed by atoms with Gasteiger partial charge in [0, 0.05) is 0 Å². The first-order chi connectivity index (χ1) is 3.93. The number of hydrogen-bond acceptors (Lipinski definition) is 4. The molecule has 3 nitrogen and oxygen atoms in total. The molecule has 41 valence electrons. The molecule has 0 saturated heterocycles. The quantitative estimate of drug-likeness (QED) is 0.585. The zero-order valence-electron chi connectivity index (χ0n) is 3.83. The van der Waals surface area contributed by atoms with Crippen LogP contribution < -0.4 is 4.74 Å². The van der Waals surface area contributed by atoms with Crippen LogP contribution in [0.1, 0.15) is 0 Å². The number of hydrogen-bond donors (Lipinski definition) is 0. The van der Waals surface area contributed by atoms with Gasteiger partial charge in [0.05, 0.1) is 11.7 Å². The molecule has 0 saturated carbocycles. The second-order valence-corrected chi connectivity index (χ2v) is 1.85. The zero-order chi connectivity index (χ0) is 5.82. The first-order valence-corrected chi connectivity index (χ1v) is 2.74. The van der Waals surface area contributed by atoms with E-state index in [4.69, 9.17) is 0 Å². The molecule has 0 aromatic carbocycles. The molecule has 0 aliphatic rings. The lowest BCUT2D eigenvalue weighted by molar-refractivity contribution is 0.448. The SMILES string of the molecule is O=[C]Oc1cncs1. The van der Waals surface area contributed by atoms with Crippen molar-refractivity contribution in [3.63, 3.8) is 0 Å². The summed E-state index contributed by atoms with van der Waals surface area (Å²) < 4.78 is 4.30. The van der Waals surface area contributed by atoms with Crippen LogP contribution in [0.15, 0.2) is 11.7 Å². The van der Waals surface area contributed by atoms with Gasteiger partial charge in [-0.15, -0.1) is 0 Å². The lowest BCUT2D eigenvalue weighted by Crippen LogP contribution is -1.82. The minimum atomic E-state index is 0.472. The van der Waals surface area contributed by atoms with E-state index in [2.05, 4.69) is 9.72 Å². The van der Waals surface area contributed by atoms with Crippen LogP contribution in [0, 0.1) is 0 Å². The predicted molar refractivity (Wildman–Crippen MR) is 28.4 cm³/mol.